The molecule has 1 heterocycles. The lowest BCUT2D eigenvalue weighted by Crippen LogP contribution is -2.44. The van der Waals surface area contributed by atoms with Crippen LogP contribution in [-0.4, -0.2) is 46.5 Å². The van der Waals surface area contributed by atoms with Gasteiger partial charge < -0.3 is 9.84 Å². The minimum absolute atomic E-state index is 0.307. The molecule has 0 aromatic rings. The van der Waals surface area contributed by atoms with Gasteiger partial charge in [0.15, 0.2) is 0 Å². The lowest BCUT2D eigenvalue weighted by molar-refractivity contribution is -0.161. The fourth-order valence-corrected chi connectivity index (χ4v) is 1.23. The maximum atomic E-state index is 11.5. The highest BCUT2D eigenvalue weighted by Gasteiger charge is 2.34. The Kier molecular flexibility index (Phi) is 3.78. The van der Waals surface area contributed by atoms with Crippen LogP contribution in [0.5, 0.6) is 0 Å². The van der Waals surface area contributed by atoms with Crippen LogP contribution in [0.1, 0.15) is 13.8 Å². The van der Waals surface area contributed by atoms with Gasteiger partial charge in [-0.1, -0.05) is 0 Å². The standard InChI is InChI=1S/C10H13NO5/c1-6(5-12)16-10(15)7(2)11-8(13)3-4-9(11)14/h3-4,6-7,12H,5H2,1-2H3. The largest absolute Gasteiger partial charge is 0.459 e. The number of hydrogen-bond acceptors (Lipinski definition) is 5. The van der Waals surface area contributed by atoms with Crippen molar-refractivity contribution in [1.29, 1.82) is 0 Å². The fourth-order valence-electron chi connectivity index (χ4n) is 1.23. The second kappa shape index (κ2) is 4.89. The molecule has 0 aromatic carbocycles. The molecule has 1 rings (SSSR count). The van der Waals surface area contributed by atoms with Crippen molar-refractivity contribution in [3.05, 3.63) is 12.2 Å². The minimum atomic E-state index is -0.982. The number of carbonyl (C=O) groups is 3. The van der Waals surface area contributed by atoms with Crippen molar-refractivity contribution in [3.8, 4) is 0 Å². The molecular formula is C10H13NO5. The first-order chi connectivity index (χ1) is 7.47. The molecule has 0 fully saturated rings. The molecule has 6 nitrogen and oxygen atoms in total. The van der Waals surface area contributed by atoms with Crippen molar-refractivity contribution in [3.63, 3.8) is 0 Å². The van der Waals surface area contributed by atoms with Crippen LogP contribution >= 0.6 is 0 Å². The summed E-state index contributed by atoms with van der Waals surface area (Å²) in [5.41, 5.74) is 0. The van der Waals surface area contributed by atoms with Crippen molar-refractivity contribution >= 4 is 17.8 Å². The van der Waals surface area contributed by atoms with E-state index in [1.807, 2.05) is 0 Å². The highest BCUT2D eigenvalue weighted by molar-refractivity contribution is 6.14. The fraction of sp³-hybridized carbons (Fsp3) is 0.500. The third-order valence-electron chi connectivity index (χ3n) is 2.15. The molecule has 0 radical (unpaired) electrons. The van der Waals surface area contributed by atoms with E-state index in [0.29, 0.717) is 0 Å². The predicted molar refractivity (Wildman–Crippen MR) is 53.1 cm³/mol. The van der Waals surface area contributed by atoms with E-state index >= 15 is 0 Å². The number of ether oxygens (including phenoxy) is 1. The van der Waals surface area contributed by atoms with E-state index in [1.54, 1.807) is 0 Å². The van der Waals surface area contributed by atoms with E-state index in [1.165, 1.54) is 13.8 Å². The van der Waals surface area contributed by atoms with Crippen molar-refractivity contribution in [2.24, 2.45) is 0 Å². The van der Waals surface area contributed by atoms with Gasteiger partial charge in [0.2, 0.25) is 0 Å². The molecule has 88 valence electrons. The Labute approximate surface area is 92.5 Å². The Bertz CT molecular complexity index is 331. The van der Waals surface area contributed by atoms with E-state index in [2.05, 4.69) is 0 Å². The Hall–Kier alpha value is -1.69. The lowest BCUT2D eigenvalue weighted by atomic mass is 10.3. The summed E-state index contributed by atoms with van der Waals surface area (Å²) in [4.78, 5) is 34.8. The molecule has 0 spiro atoms. The van der Waals surface area contributed by atoms with Gasteiger partial charge in [-0.3, -0.25) is 14.5 Å². The van der Waals surface area contributed by atoms with Crippen LogP contribution in [0.15, 0.2) is 12.2 Å². The number of nitrogens with zero attached hydrogens (tertiary/aromatic N) is 1. The van der Waals surface area contributed by atoms with Gasteiger partial charge in [-0.25, -0.2) is 4.79 Å². The van der Waals surface area contributed by atoms with Crippen LogP contribution < -0.4 is 0 Å². The highest BCUT2D eigenvalue weighted by atomic mass is 16.6. The van der Waals surface area contributed by atoms with Gasteiger partial charge in [0, 0.05) is 12.2 Å². The Morgan fingerprint density at radius 2 is 1.88 bits per heavy atom. The molecule has 2 amide bonds. The number of aliphatic hydroxyl groups is 1. The monoisotopic (exact) mass is 227 g/mol. The van der Waals surface area contributed by atoms with E-state index < -0.39 is 29.9 Å². The summed E-state index contributed by atoms with van der Waals surface area (Å²) in [5, 5.41) is 8.70. The summed E-state index contributed by atoms with van der Waals surface area (Å²) in [6.07, 6.45) is 1.54. The van der Waals surface area contributed by atoms with Crippen molar-refractivity contribution in [2.45, 2.75) is 26.0 Å². The first-order valence-corrected chi connectivity index (χ1v) is 4.84. The third kappa shape index (κ3) is 2.46. The Balaban J connectivity index is 2.64. The van der Waals surface area contributed by atoms with E-state index in [-0.39, 0.29) is 6.61 Å². The third-order valence-corrected chi connectivity index (χ3v) is 2.15. The first kappa shape index (κ1) is 12.4. The summed E-state index contributed by atoms with van der Waals surface area (Å²) < 4.78 is 4.81. The van der Waals surface area contributed by atoms with Crippen LogP contribution in [0.4, 0.5) is 0 Å². The summed E-state index contributed by atoms with van der Waals surface area (Å²) in [6.45, 7) is 2.60. The van der Waals surface area contributed by atoms with Crippen molar-refractivity contribution < 1.29 is 24.2 Å². The molecular weight excluding hydrogens is 214 g/mol. The summed E-state index contributed by atoms with van der Waals surface area (Å²) in [5.74, 6) is -1.79. The van der Waals surface area contributed by atoms with E-state index in [4.69, 9.17) is 9.84 Å². The molecule has 0 saturated heterocycles. The van der Waals surface area contributed by atoms with Crippen LogP contribution in [0.3, 0.4) is 0 Å². The smallest absolute Gasteiger partial charge is 0.329 e. The van der Waals surface area contributed by atoms with Gasteiger partial charge in [0.25, 0.3) is 11.8 Å². The molecule has 16 heavy (non-hydrogen) atoms. The maximum Gasteiger partial charge on any atom is 0.329 e. The molecule has 0 aromatic heterocycles. The van der Waals surface area contributed by atoms with Gasteiger partial charge in [0.1, 0.15) is 12.1 Å². The van der Waals surface area contributed by atoms with Crippen LogP contribution in [0.25, 0.3) is 0 Å². The van der Waals surface area contributed by atoms with Gasteiger partial charge >= 0.3 is 5.97 Å². The normalized spacial score (nSPS) is 18.8. The number of amides is 2. The molecule has 0 bridgehead atoms. The zero-order valence-corrected chi connectivity index (χ0v) is 9.04. The van der Waals surface area contributed by atoms with Crippen LogP contribution in [0, 0.1) is 0 Å². The highest BCUT2D eigenvalue weighted by Crippen LogP contribution is 2.10. The molecule has 2 unspecified atom stereocenters. The average molecular weight is 227 g/mol. The number of esters is 1. The first-order valence-electron chi connectivity index (χ1n) is 4.84. The molecule has 1 N–H and O–H groups in total. The minimum Gasteiger partial charge on any atom is -0.459 e. The second-order valence-corrected chi connectivity index (χ2v) is 3.49. The maximum absolute atomic E-state index is 11.5. The molecule has 6 heteroatoms. The van der Waals surface area contributed by atoms with E-state index in [0.717, 1.165) is 17.1 Å². The Morgan fingerprint density at radius 1 is 1.38 bits per heavy atom. The zero-order valence-electron chi connectivity index (χ0n) is 9.04. The van der Waals surface area contributed by atoms with Gasteiger partial charge in [0.05, 0.1) is 6.61 Å². The zero-order chi connectivity index (χ0) is 12.3. The number of imide groups is 1. The SMILES string of the molecule is CC(CO)OC(=O)C(C)N1C(=O)C=CC1=O. The van der Waals surface area contributed by atoms with Crippen molar-refractivity contribution in [2.75, 3.05) is 6.61 Å². The van der Waals surface area contributed by atoms with Crippen LogP contribution in [-0.2, 0) is 19.1 Å². The Morgan fingerprint density at radius 3 is 2.31 bits per heavy atom. The van der Waals surface area contributed by atoms with Gasteiger partial charge in [-0.15, -0.1) is 0 Å². The van der Waals surface area contributed by atoms with Gasteiger partial charge in [-0.2, -0.15) is 0 Å². The lowest BCUT2D eigenvalue weighted by Gasteiger charge is -2.22. The summed E-state index contributed by atoms with van der Waals surface area (Å²) in [7, 11) is 0. The molecule has 1 aliphatic heterocycles. The van der Waals surface area contributed by atoms with Crippen LogP contribution in [0.2, 0.25) is 0 Å². The second-order valence-electron chi connectivity index (χ2n) is 3.49. The molecule has 2 atom stereocenters. The predicted octanol–water partition coefficient (Wildman–Crippen LogP) is -0.776. The topological polar surface area (TPSA) is 83.9 Å². The number of carbonyl (C=O) groups excluding carboxylic acids is 3. The molecule has 0 aliphatic carbocycles. The van der Waals surface area contributed by atoms with E-state index in [9.17, 15) is 14.4 Å². The van der Waals surface area contributed by atoms with Gasteiger partial charge in [-0.05, 0) is 13.8 Å². The molecule has 0 saturated carbocycles. The number of hydrogen-bond donors (Lipinski definition) is 1. The average Bonchev–Trinajstić information content (AvgIpc) is 2.57. The number of rotatable bonds is 4. The summed E-state index contributed by atoms with van der Waals surface area (Å²) >= 11 is 0. The van der Waals surface area contributed by atoms with Crippen molar-refractivity contribution in [1.82, 2.24) is 4.90 Å². The summed E-state index contributed by atoms with van der Waals surface area (Å²) in [6, 6.07) is -0.982. The quantitative estimate of drug-likeness (QED) is 0.503. The molecule has 1 aliphatic rings. The number of aliphatic hydroxyl groups excluding tert-OH is 1.